The summed E-state index contributed by atoms with van der Waals surface area (Å²) in [5.74, 6) is 3.51. The van der Waals surface area contributed by atoms with Crippen LogP contribution in [-0.4, -0.2) is 39.3 Å². The molecule has 4 nitrogen and oxygen atoms in total. The first kappa shape index (κ1) is 20.0. The molecule has 0 spiro atoms. The van der Waals surface area contributed by atoms with Crippen LogP contribution in [-0.2, 0) is 4.74 Å². The standard InChI is InChI=1S/C17H33N3O.HI/c1-14-5-3-6-16(11-14)12-20-17(18-2)19-9-4-10-21-13-15-7-8-15;/h14-16H,3-13H2,1-2H3,(H2,18,19,20);1H. The lowest BCUT2D eigenvalue weighted by Gasteiger charge is -2.27. The molecule has 0 aliphatic heterocycles. The van der Waals surface area contributed by atoms with E-state index in [1.165, 1.54) is 38.5 Å². The highest BCUT2D eigenvalue weighted by Gasteiger charge is 2.21. The molecule has 2 aliphatic carbocycles. The first-order valence-corrected chi connectivity index (χ1v) is 8.80. The van der Waals surface area contributed by atoms with Crippen LogP contribution in [0, 0.1) is 17.8 Å². The van der Waals surface area contributed by atoms with Gasteiger partial charge in [0.1, 0.15) is 0 Å². The molecular formula is C17H34IN3O. The van der Waals surface area contributed by atoms with E-state index in [9.17, 15) is 0 Å². The molecule has 130 valence electrons. The first-order chi connectivity index (χ1) is 10.3. The van der Waals surface area contributed by atoms with Crippen molar-refractivity contribution in [2.24, 2.45) is 22.7 Å². The number of nitrogens with zero attached hydrogens (tertiary/aromatic N) is 1. The second-order valence-corrected chi connectivity index (χ2v) is 6.89. The van der Waals surface area contributed by atoms with Crippen LogP contribution >= 0.6 is 24.0 Å². The van der Waals surface area contributed by atoms with Crippen LogP contribution in [0.4, 0.5) is 0 Å². The predicted molar refractivity (Wildman–Crippen MR) is 104 cm³/mol. The summed E-state index contributed by atoms with van der Waals surface area (Å²) in [7, 11) is 1.85. The third-order valence-corrected chi connectivity index (χ3v) is 4.64. The van der Waals surface area contributed by atoms with E-state index < -0.39 is 0 Å². The first-order valence-electron chi connectivity index (χ1n) is 8.80. The lowest BCUT2D eigenvalue weighted by molar-refractivity contribution is 0.123. The average molecular weight is 423 g/mol. The fourth-order valence-corrected chi connectivity index (χ4v) is 3.12. The molecule has 2 fully saturated rings. The van der Waals surface area contributed by atoms with Crippen molar-refractivity contribution in [3.63, 3.8) is 0 Å². The van der Waals surface area contributed by atoms with Crippen molar-refractivity contribution in [3.05, 3.63) is 0 Å². The summed E-state index contributed by atoms with van der Waals surface area (Å²) in [5, 5.41) is 6.86. The van der Waals surface area contributed by atoms with Gasteiger partial charge in [-0.15, -0.1) is 24.0 Å². The van der Waals surface area contributed by atoms with Crippen LogP contribution < -0.4 is 10.6 Å². The van der Waals surface area contributed by atoms with E-state index in [2.05, 4.69) is 22.5 Å². The number of guanidine groups is 1. The van der Waals surface area contributed by atoms with Crippen molar-refractivity contribution in [3.8, 4) is 0 Å². The monoisotopic (exact) mass is 423 g/mol. The molecule has 0 heterocycles. The van der Waals surface area contributed by atoms with E-state index in [1.807, 2.05) is 7.05 Å². The topological polar surface area (TPSA) is 45.7 Å². The maximum atomic E-state index is 5.64. The number of rotatable bonds is 8. The van der Waals surface area contributed by atoms with Crippen molar-refractivity contribution in [2.45, 2.75) is 51.9 Å². The van der Waals surface area contributed by atoms with E-state index in [-0.39, 0.29) is 24.0 Å². The Hall–Kier alpha value is -0.0400. The molecule has 0 amide bonds. The lowest BCUT2D eigenvalue weighted by atomic mass is 9.82. The van der Waals surface area contributed by atoms with Gasteiger partial charge < -0.3 is 15.4 Å². The minimum Gasteiger partial charge on any atom is -0.381 e. The highest BCUT2D eigenvalue weighted by Crippen LogP contribution is 2.29. The molecule has 2 rings (SSSR count). The highest BCUT2D eigenvalue weighted by atomic mass is 127. The molecular weight excluding hydrogens is 389 g/mol. The van der Waals surface area contributed by atoms with Crippen molar-refractivity contribution >= 4 is 29.9 Å². The predicted octanol–water partition coefficient (Wildman–Crippen LogP) is 3.41. The molecule has 0 bridgehead atoms. The second kappa shape index (κ2) is 11.5. The van der Waals surface area contributed by atoms with Gasteiger partial charge in [0.05, 0.1) is 0 Å². The summed E-state index contributed by atoms with van der Waals surface area (Å²) in [6.07, 6.45) is 9.31. The summed E-state index contributed by atoms with van der Waals surface area (Å²) < 4.78 is 5.64. The van der Waals surface area contributed by atoms with Crippen LogP contribution in [0.25, 0.3) is 0 Å². The average Bonchev–Trinajstić information content (AvgIpc) is 3.30. The summed E-state index contributed by atoms with van der Waals surface area (Å²) in [4.78, 5) is 4.30. The largest absolute Gasteiger partial charge is 0.381 e. The van der Waals surface area contributed by atoms with Crippen molar-refractivity contribution in [1.82, 2.24) is 10.6 Å². The van der Waals surface area contributed by atoms with Crippen molar-refractivity contribution < 1.29 is 4.74 Å². The van der Waals surface area contributed by atoms with E-state index >= 15 is 0 Å². The Balaban J connectivity index is 0.00000242. The Kier molecular flexibility index (Phi) is 10.4. The van der Waals surface area contributed by atoms with E-state index in [0.29, 0.717) is 0 Å². The molecule has 22 heavy (non-hydrogen) atoms. The Morgan fingerprint density at radius 1 is 1.14 bits per heavy atom. The van der Waals surface area contributed by atoms with Gasteiger partial charge in [0.2, 0.25) is 0 Å². The minimum atomic E-state index is 0. The zero-order valence-corrected chi connectivity index (χ0v) is 16.6. The van der Waals surface area contributed by atoms with Crippen molar-refractivity contribution in [2.75, 3.05) is 33.4 Å². The normalized spacial score (nSPS) is 25.5. The summed E-state index contributed by atoms with van der Waals surface area (Å²) in [6.45, 7) is 6.20. The van der Waals surface area contributed by atoms with Crippen LogP contribution in [0.2, 0.25) is 0 Å². The van der Waals surface area contributed by atoms with E-state index in [1.54, 1.807) is 0 Å². The number of aliphatic imine (C=N–C) groups is 1. The molecule has 0 saturated heterocycles. The summed E-state index contributed by atoms with van der Waals surface area (Å²) >= 11 is 0. The maximum Gasteiger partial charge on any atom is 0.190 e. The van der Waals surface area contributed by atoms with Gasteiger partial charge in [-0.05, 0) is 49.9 Å². The van der Waals surface area contributed by atoms with Gasteiger partial charge in [-0.25, -0.2) is 0 Å². The SMILES string of the molecule is CN=C(NCCCOCC1CC1)NCC1CCCC(C)C1.I. The minimum absolute atomic E-state index is 0. The zero-order valence-electron chi connectivity index (χ0n) is 14.3. The number of hydrogen-bond acceptors (Lipinski definition) is 2. The molecule has 2 unspecified atom stereocenters. The van der Waals surface area contributed by atoms with E-state index in [0.717, 1.165) is 56.4 Å². The van der Waals surface area contributed by atoms with Crippen LogP contribution in [0.5, 0.6) is 0 Å². The Morgan fingerprint density at radius 2 is 1.95 bits per heavy atom. The summed E-state index contributed by atoms with van der Waals surface area (Å²) in [6, 6.07) is 0. The van der Waals surface area contributed by atoms with Crippen molar-refractivity contribution in [1.29, 1.82) is 0 Å². The quantitative estimate of drug-likeness (QED) is 0.272. The van der Waals surface area contributed by atoms with Crippen LogP contribution in [0.3, 0.4) is 0 Å². The van der Waals surface area contributed by atoms with E-state index in [4.69, 9.17) is 4.74 Å². The molecule has 0 aromatic heterocycles. The van der Waals surface area contributed by atoms with Crippen LogP contribution in [0.1, 0.15) is 51.9 Å². The third kappa shape index (κ3) is 8.56. The molecule has 2 atom stereocenters. The lowest BCUT2D eigenvalue weighted by Crippen LogP contribution is -2.41. The fourth-order valence-electron chi connectivity index (χ4n) is 3.12. The molecule has 0 aromatic carbocycles. The summed E-state index contributed by atoms with van der Waals surface area (Å²) in [5.41, 5.74) is 0. The Morgan fingerprint density at radius 3 is 2.64 bits per heavy atom. The van der Waals surface area contributed by atoms with Gasteiger partial charge in [-0.3, -0.25) is 4.99 Å². The Labute approximate surface area is 153 Å². The molecule has 0 aromatic rings. The smallest absolute Gasteiger partial charge is 0.190 e. The fraction of sp³-hybridized carbons (Fsp3) is 0.941. The number of ether oxygens (including phenoxy) is 1. The molecule has 2 saturated carbocycles. The van der Waals surface area contributed by atoms with Gasteiger partial charge >= 0.3 is 0 Å². The van der Waals surface area contributed by atoms with Crippen LogP contribution in [0.15, 0.2) is 4.99 Å². The molecule has 2 aliphatic rings. The molecule has 0 radical (unpaired) electrons. The van der Waals surface area contributed by atoms with Gasteiger partial charge in [-0.1, -0.05) is 19.8 Å². The highest BCUT2D eigenvalue weighted by molar-refractivity contribution is 14.0. The zero-order chi connectivity index (χ0) is 14.9. The Bertz CT molecular complexity index is 321. The van der Waals surface area contributed by atoms with Gasteiger partial charge in [0.25, 0.3) is 0 Å². The van der Waals surface area contributed by atoms with Gasteiger partial charge in [-0.2, -0.15) is 0 Å². The molecule has 2 N–H and O–H groups in total. The number of halogens is 1. The molecule has 5 heteroatoms. The third-order valence-electron chi connectivity index (χ3n) is 4.64. The van der Waals surface area contributed by atoms with Gasteiger partial charge in [0.15, 0.2) is 5.96 Å². The second-order valence-electron chi connectivity index (χ2n) is 6.89. The number of nitrogens with one attached hydrogen (secondary N) is 2. The maximum absolute atomic E-state index is 5.64. The number of hydrogen-bond donors (Lipinski definition) is 2. The van der Waals surface area contributed by atoms with Gasteiger partial charge in [0, 0.05) is 33.4 Å².